The van der Waals surface area contributed by atoms with Gasteiger partial charge in [0.1, 0.15) is 0 Å². The molecule has 0 amide bonds. The van der Waals surface area contributed by atoms with Gasteiger partial charge in [0.2, 0.25) is 0 Å². The van der Waals surface area contributed by atoms with Crippen molar-refractivity contribution in [3.05, 3.63) is 56.4 Å². The lowest BCUT2D eigenvalue weighted by molar-refractivity contribution is 1.20. The van der Waals surface area contributed by atoms with E-state index in [2.05, 4.69) is 17.4 Å². The summed E-state index contributed by atoms with van der Waals surface area (Å²) >= 11 is 13.4. The van der Waals surface area contributed by atoms with Crippen molar-refractivity contribution >= 4 is 41.4 Å². The van der Waals surface area contributed by atoms with Crippen molar-refractivity contribution in [3.8, 4) is 0 Å². The van der Waals surface area contributed by atoms with Crippen LogP contribution in [0, 0.1) is 6.92 Å². The highest BCUT2D eigenvalue weighted by atomic mass is 35.5. The fourth-order valence-electron chi connectivity index (χ4n) is 1.37. The molecule has 0 unspecified atom stereocenters. The molecule has 0 saturated carbocycles. The lowest BCUT2D eigenvalue weighted by atomic mass is 10.1. The van der Waals surface area contributed by atoms with Gasteiger partial charge in [-0.1, -0.05) is 48.4 Å². The standard InChI is InChI=1S/C15H17Cl2NS/c1-4-6-7-13(5-2)19-18-10-12-9-15(17)14(16)8-11(12)3/h4,6-10H,5H2,1-3H3/b6-4-,13-7+,18-10+. The summed E-state index contributed by atoms with van der Waals surface area (Å²) in [5.74, 6) is 0. The molecule has 0 aliphatic carbocycles. The van der Waals surface area contributed by atoms with Crippen molar-refractivity contribution in [3.63, 3.8) is 0 Å². The summed E-state index contributed by atoms with van der Waals surface area (Å²) in [5.41, 5.74) is 2.05. The van der Waals surface area contributed by atoms with E-state index in [4.69, 9.17) is 23.2 Å². The number of halogens is 2. The van der Waals surface area contributed by atoms with Crippen molar-refractivity contribution in [2.24, 2.45) is 4.40 Å². The number of hydrogen-bond donors (Lipinski definition) is 0. The largest absolute Gasteiger partial charge is 0.219 e. The first kappa shape index (κ1) is 16.4. The maximum atomic E-state index is 6.00. The van der Waals surface area contributed by atoms with Crippen LogP contribution in [0.3, 0.4) is 0 Å². The Labute approximate surface area is 129 Å². The first-order chi connectivity index (χ1) is 9.08. The van der Waals surface area contributed by atoms with Crippen molar-refractivity contribution in [2.45, 2.75) is 27.2 Å². The molecular weight excluding hydrogens is 297 g/mol. The van der Waals surface area contributed by atoms with E-state index in [0.717, 1.165) is 17.5 Å². The van der Waals surface area contributed by atoms with Crippen LogP contribution in [0.1, 0.15) is 31.4 Å². The number of rotatable bonds is 5. The second-order valence-electron chi connectivity index (χ2n) is 3.96. The Bertz CT molecular complexity index is 519. The van der Waals surface area contributed by atoms with Crippen LogP contribution >= 0.6 is 35.1 Å². The predicted octanol–water partition coefficient (Wildman–Crippen LogP) is 6.24. The Morgan fingerprint density at radius 2 is 2.00 bits per heavy atom. The molecule has 1 aromatic carbocycles. The Morgan fingerprint density at radius 1 is 1.32 bits per heavy atom. The average molecular weight is 314 g/mol. The summed E-state index contributed by atoms with van der Waals surface area (Å²) in [6.45, 7) is 6.10. The maximum absolute atomic E-state index is 6.00. The van der Waals surface area contributed by atoms with E-state index in [0.29, 0.717) is 10.0 Å². The predicted molar refractivity (Wildman–Crippen MR) is 89.6 cm³/mol. The fraction of sp³-hybridized carbons (Fsp3) is 0.267. The summed E-state index contributed by atoms with van der Waals surface area (Å²) in [7, 11) is 0. The van der Waals surface area contributed by atoms with E-state index in [1.807, 2.05) is 44.3 Å². The quantitative estimate of drug-likeness (QED) is 0.356. The Kier molecular flexibility index (Phi) is 7.29. The van der Waals surface area contributed by atoms with Gasteiger partial charge in [-0.2, -0.15) is 0 Å². The average Bonchev–Trinajstić information content (AvgIpc) is 2.39. The second kappa shape index (κ2) is 8.47. The Hall–Kier alpha value is -0.700. The van der Waals surface area contributed by atoms with E-state index in [-0.39, 0.29) is 0 Å². The Balaban J connectivity index is 2.79. The number of nitrogens with zero attached hydrogens (tertiary/aromatic N) is 1. The van der Waals surface area contributed by atoms with E-state index < -0.39 is 0 Å². The lowest BCUT2D eigenvalue weighted by Crippen LogP contribution is -1.87. The number of allylic oxidation sites excluding steroid dienone is 4. The lowest BCUT2D eigenvalue weighted by Gasteiger charge is -2.03. The minimum absolute atomic E-state index is 0.555. The molecule has 0 atom stereocenters. The van der Waals surface area contributed by atoms with Gasteiger partial charge in [-0.15, -0.1) is 0 Å². The summed E-state index contributed by atoms with van der Waals surface area (Å²) in [6, 6.07) is 3.69. The van der Waals surface area contributed by atoms with Gasteiger partial charge in [-0.25, -0.2) is 4.40 Å². The molecule has 0 fully saturated rings. The topological polar surface area (TPSA) is 12.4 Å². The van der Waals surface area contributed by atoms with Crippen LogP contribution in [0.4, 0.5) is 0 Å². The molecule has 0 radical (unpaired) electrons. The van der Waals surface area contributed by atoms with Crippen molar-refractivity contribution in [1.29, 1.82) is 0 Å². The van der Waals surface area contributed by atoms with Crippen LogP contribution in [0.25, 0.3) is 0 Å². The van der Waals surface area contributed by atoms with Crippen molar-refractivity contribution in [2.75, 3.05) is 0 Å². The van der Waals surface area contributed by atoms with Crippen molar-refractivity contribution < 1.29 is 0 Å². The number of hydrogen-bond acceptors (Lipinski definition) is 2. The van der Waals surface area contributed by atoms with Gasteiger partial charge >= 0.3 is 0 Å². The van der Waals surface area contributed by atoms with Crippen LogP contribution in [0.5, 0.6) is 0 Å². The van der Waals surface area contributed by atoms with Crippen LogP contribution in [0.2, 0.25) is 10.0 Å². The Morgan fingerprint density at radius 3 is 2.63 bits per heavy atom. The molecule has 0 N–H and O–H groups in total. The molecule has 0 aliphatic rings. The third-order valence-corrected chi connectivity index (χ3v) is 4.09. The SMILES string of the molecule is C/C=C\C=C(/CC)S/N=C/c1cc(Cl)c(Cl)cc1C. The van der Waals surface area contributed by atoms with Crippen LogP contribution < -0.4 is 0 Å². The zero-order valence-corrected chi connectivity index (χ0v) is 13.6. The minimum Gasteiger partial charge on any atom is -0.219 e. The number of aryl methyl sites for hydroxylation is 1. The van der Waals surface area contributed by atoms with Gasteiger partial charge in [0.15, 0.2) is 0 Å². The van der Waals surface area contributed by atoms with Crippen molar-refractivity contribution in [1.82, 2.24) is 0 Å². The van der Waals surface area contributed by atoms with E-state index >= 15 is 0 Å². The summed E-state index contributed by atoms with van der Waals surface area (Å²) < 4.78 is 4.39. The monoisotopic (exact) mass is 313 g/mol. The van der Waals surface area contributed by atoms with Gasteiger partial charge in [-0.3, -0.25) is 0 Å². The van der Waals surface area contributed by atoms with Crippen LogP contribution in [0.15, 0.2) is 39.7 Å². The molecule has 1 aromatic rings. The second-order valence-corrected chi connectivity index (χ2v) is 5.69. The fourth-order valence-corrected chi connectivity index (χ4v) is 2.33. The highest BCUT2D eigenvalue weighted by molar-refractivity contribution is 8.01. The van der Waals surface area contributed by atoms with E-state index in [1.54, 1.807) is 0 Å². The van der Waals surface area contributed by atoms with Gasteiger partial charge in [-0.05, 0) is 43.5 Å². The van der Waals surface area contributed by atoms with Gasteiger partial charge in [0.25, 0.3) is 0 Å². The molecule has 4 heteroatoms. The van der Waals surface area contributed by atoms with Crippen LogP contribution in [-0.4, -0.2) is 6.21 Å². The summed E-state index contributed by atoms with van der Waals surface area (Å²) in [4.78, 5) is 1.21. The molecule has 0 aromatic heterocycles. The normalized spacial score (nSPS) is 12.8. The third-order valence-electron chi connectivity index (χ3n) is 2.49. The number of benzene rings is 1. The molecule has 1 nitrogen and oxygen atoms in total. The first-order valence-corrected chi connectivity index (χ1v) is 7.59. The summed E-state index contributed by atoms with van der Waals surface area (Å²) in [6.07, 6.45) is 8.88. The third kappa shape index (κ3) is 5.43. The van der Waals surface area contributed by atoms with Gasteiger partial charge in [0.05, 0.1) is 10.0 Å². The minimum atomic E-state index is 0.555. The first-order valence-electron chi connectivity index (χ1n) is 6.06. The van der Waals surface area contributed by atoms with E-state index in [9.17, 15) is 0 Å². The molecule has 1 rings (SSSR count). The molecule has 0 bridgehead atoms. The zero-order chi connectivity index (χ0) is 14.3. The molecule has 0 spiro atoms. The van der Waals surface area contributed by atoms with E-state index in [1.165, 1.54) is 16.9 Å². The molecule has 102 valence electrons. The molecule has 0 aliphatic heterocycles. The highest BCUT2D eigenvalue weighted by Crippen LogP contribution is 2.26. The smallest absolute Gasteiger partial charge is 0.0599 e. The van der Waals surface area contributed by atoms with Gasteiger partial charge in [0, 0.05) is 23.1 Å². The summed E-state index contributed by atoms with van der Waals surface area (Å²) in [5, 5.41) is 1.13. The molecular formula is C15H17Cl2NS. The molecule has 19 heavy (non-hydrogen) atoms. The molecule has 0 saturated heterocycles. The zero-order valence-electron chi connectivity index (χ0n) is 11.3. The van der Waals surface area contributed by atoms with Crippen LogP contribution in [-0.2, 0) is 0 Å². The highest BCUT2D eigenvalue weighted by Gasteiger charge is 2.02. The maximum Gasteiger partial charge on any atom is 0.0599 e. The molecule has 0 heterocycles. The van der Waals surface area contributed by atoms with Gasteiger partial charge < -0.3 is 0 Å².